The Balaban J connectivity index is 1.81. The van der Waals surface area contributed by atoms with Gasteiger partial charge in [-0.1, -0.05) is 87.4 Å². The molecule has 0 heterocycles. The summed E-state index contributed by atoms with van der Waals surface area (Å²) >= 11 is 0. The van der Waals surface area contributed by atoms with Gasteiger partial charge < -0.3 is 14.6 Å². The maximum Gasteiger partial charge on any atom is 0.232 e. The molecule has 33 heavy (non-hydrogen) atoms. The third-order valence-electron chi connectivity index (χ3n) is 5.72. The number of amides is 1. The highest BCUT2D eigenvalue weighted by Crippen LogP contribution is 2.43. The third-order valence-corrected chi connectivity index (χ3v) is 8.72. The number of ether oxygens (including phenoxy) is 1. The molecule has 3 aromatic carbocycles. The van der Waals surface area contributed by atoms with E-state index < -0.39 is 7.14 Å². The molecule has 1 N–H and O–H groups in total. The molecule has 0 bridgehead atoms. The van der Waals surface area contributed by atoms with Crippen molar-refractivity contribution in [2.24, 2.45) is 0 Å². The molecule has 0 saturated heterocycles. The molecular weight excluding hydrogens is 429 g/mol. The van der Waals surface area contributed by atoms with Crippen molar-refractivity contribution in [2.45, 2.75) is 46.5 Å². The number of carbonyl (C=O) groups excluding carboxylic acids is 1. The number of hydrogen-bond acceptors (Lipinski definition) is 3. The first-order chi connectivity index (χ1) is 16.0. The topological polar surface area (TPSA) is 55.4 Å². The van der Waals surface area contributed by atoms with Gasteiger partial charge in [0.1, 0.15) is 5.75 Å². The first-order valence-corrected chi connectivity index (χ1v) is 13.6. The Bertz CT molecular complexity index is 1050. The van der Waals surface area contributed by atoms with Gasteiger partial charge >= 0.3 is 0 Å². The molecule has 0 atom stereocenters. The van der Waals surface area contributed by atoms with E-state index in [0.29, 0.717) is 22.9 Å². The van der Waals surface area contributed by atoms with Gasteiger partial charge in [-0.3, -0.25) is 4.79 Å². The Hall–Kier alpha value is -2.84. The van der Waals surface area contributed by atoms with Crippen molar-refractivity contribution < 1.29 is 14.1 Å². The number of nitrogens with one attached hydrogen (secondary N) is 1. The largest absolute Gasteiger partial charge is 0.493 e. The van der Waals surface area contributed by atoms with Crippen LogP contribution < -0.4 is 20.7 Å². The molecule has 174 valence electrons. The minimum absolute atomic E-state index is 0.0865. The van der Waals surface area contributed by atoms with Gasteiger partial charge in [0.25, 0.3) is 0 Å². The lowest BCUT2D eigenvalue weighted by atomic mass is 10.1. The van der Waals surface area contributed by atoms with Crippen LogP contribution in [0.4, 0.5) is 5.69 Å². The summed E-state index contributed by atoms with van der Waals surface area (Å²) in [5.74, 6) is 0.648. The number of anilines is 1. The molecule has 3 rings (SSSR count). The van der Waals surface area contributed by atoms with Crippen molar-refractivity contribution in [1.29, 1.82) is 0 Å². The lowest BCUT2D eigenvalue weighted by Gasteiger charge is -2.20. The van der Waals surface area contributed by atoms with Crippen LogP contribution in [0.5, 0.6) is 5.75 Å². The van der Waals surface area contributed by atoms with E-state index in [9.17, 15) is 9.36 Å². The highest BCUT2D eigenvalue weighted by atomic mass is 31.2. The van der Waals surface area contributed by atoms with Gasteiger partial charge in [0.2, 0.25) is 5.91 Å². The van der Waals surface area contributed by atoms with Crippen molar-refractivity contribution in [3.8, 4) is 5.75 Å². The minimum Gasteiger partial charge on any atom is -0.493 e. The predicted octanol–water partition coefficient (Wildman–Crippen LogP) is 6.08. The Kier molecular flexibility index (Phi) is 8.91. The van der Waals surface area contributed by atoms with Crippen molar-refractivity contribution >= 4 is 29.3 Å². The van der Waals surface area contributed by atoms with E-state index in [1.807, 2.05) is 79.7 Å². The minimum atomic E-state index is -3.12. The molecule has 0 fully saturated rings. The number of aryl methyl sites for hydroxylation is 2. The van der Waals surface area contributed by atoms with Crippen LogP contribution in [0.15, 0.2) is 72.8 Å². The molecule has 3 aromatic rings. The molecule has 0 aliphatic rings. The molecule has 5 heteroatoms. The van der Waals surface area contributed by atoms with Crippen LogP contribution in [0, 0.1) is 6.92 Å². The van der Waals surface area contributed by atoms with E-state index in [4.69, 9.17) is 4.74 Å². The third kappa shape index (κ3) is 6.36. The second-order valence-corrected chi connectivity index (χ2v) is 11.1. The standard InChI is InChI=1S/C28H34NO3P/c1-4-6-13-18-32-28-22(3)19-24(20-23(28)5-2)29-27(30)21-33(31,25-14-9-7-10-15-25)26-16-11-8-12-17-26/h7-12,14-17,19-20H,4-6,13,18,21H2,1-3H3,(H,29,30). The maximum atomic E-state index is 14.2. The summed E-state index contributed by atoms with van der Waals surface area (Å²) in [7, 11) is -3.12. The average Bonchev–Trinajstić information content (AvgIpc) is 2.83. The second-order valence-electron chi connectivity index (χ2n) is 8.31. The van der Waals surface area contributed by atoms with E-state index in [1.165, 1.54) is 0 Å². The molecule has 1 amide bonds. The number of benzene rings is 3. The Morgan fingerprint density at radius 1 is 0.909 bits per heavy atom. The van der Waals surface area contributed by atoms with Crippen LogP contribution in [0.25, 0.3) is 0 Å². The molecule has 0 saturated carbocycles. The van der Waals surface area contributed by atoms with Gasteiger partial charge in [-0.05, 0) is 43.0 Å². The van der Waals surface area contributed by atoms with Gasteiger partial charge in [-0.15, -0.1) is 0 Å². The summed E-state index contributed by atoms with van der Waals surface area (Å²) in [6, 6.07) is 22.5. The van der Waals surface area contributed by atoms with Gasteiger partial charge in [0, 0.05) is 16.3 Å². The Morgan fingerprint density at radius 3 is 2.06 bits per heavy atom. The van der Waals surface area contributed by atoms with Crippen molar-refractivity contribution in [1.82, 2.24) is 0 Å². The molecule has 4 nitrogen and oxygen atoms in total. The molecule has 0 radical (unpaired) electrons. The van der Waals surface area contributed by atoms with Crippen LogP contribution in [0.3, 0.4) is 0 Å². The van der Waals surface area contributed by atoms with Crippen LogP contribution in [0.2, 0.25) is 0 Å². The normalized spacial score (nSPS) is 11.2. The Morgan fingerprint density at radius 2 is 1.52 bits per heavy atom. The zero-order chi connectivity index (χ0) is 23.7. The summed E-state index contributed by atoms with van der Waals surface area (Å²) in [6.45, 7) is 6.96. The summed E-state index contributed by atoms with van der Waals surface area (Å²) in [6.07, 6.45) is 4.06. The Labute approximate surface area is 197 Å². The van der Waals surface area contributed by atoms with Crippen LogP contribution in [0.1, 0.15) is 44.2 Å². The smallest absolute Gasteiger partial charge is 0.232 e. The van der Waals surface area contributed by atoms with Crippen molar-refractivity contribution in [3.05, 3.63) is 83.9 Å². The van der Waals surface area contributed by atoms with Gasteiger partial charge in [-0.2, -0.15) is 0 Å². The fourth-order valence-corrected chi connectivity index (χ4v) is 6.44. The molecule has 0 aromatic heterocycles. The van der Waals surface area contributed by atoms with Crippen LogP contribution in [-0.4, -0.2) is 18.7 Å². The van der Waals surface area contributed by atoms with Gasteiger partial charge in [0.15, 0.2) is 7.14 Å². The average molecular weight is 464 g/mol. The number of hydrogen-bond donors (Lipinski definition) is 1. The van der Waals surface area contributed by atoms with E-state index in [2.05, 4.69) is 19.2 Å². The first kappa shape index (κ1) is 24.8. The van der Waals surface area contributed by atoms with Gasteiger partial charge in [0.05, 0.1) is 12.8 Å². The number of rotatable bonds is 11. The molecular formula is C28H34NO3P. The second kappa shape index (κ2) is 11.9. The highest BCUT2D eigenvalue weighted by molar-refractivity contribution is 7.79. The molecule has 0 unspecified atom stereocenters. The summed E-state index contributed by atoms with van der Waals surface area (Å²) in [4.78, 5) is 13.1. The van der Waals surface area contributed by atoms with Gasteiger partial charge in [-0.25, -0.2) is 0 Å². The zero-order valence-electron chi connectivity index (χ0n) is 19.8. The number of unbranched alkanes of at least 4 members (excludes halogenated alkanes) is 2. The van der Waals surface area contributed by atoms with Crippen molar-refractivity contribution in [3.63, 3.8) is 0 Å². The number of carbonyl (C=O) groups is 1. The summed E-state index contributed by atoms with van der Waals surface area (Å²) in [5, 5.41) is 4.36. The van der Waals surface area contributed by atoms with Crippen LogP contribution in [-0.2, 0) is 15.8 Å². The summed E-state index contributed by atoms with van der Waals surface area (Å²) in [5.41, 5.74) is 2.77. The van der Waals surface area contributed by atoms with E-state index in [-0.39, 0.29) is 12.1 Å². The van der Waals surface area contributed by atoms with Crippen molar-refractivity contribution in [2.75, 3.05) is 18.1 Å². The molecule has 0 aliphatic carbocycles. The monoisotopic (exact) mass is 463 g/mol. The predicted molar refractivity (Wildman–Crippen MR) is 139 cm³/mol. The molecule has 0 aliphatic heterocycles. The fourth-order valence-electron chi connectivity index (χ4n) is 3.99. The highest BCUT2D eigenvalue weighted by Gasteiger charge is 2.30. The summed E-state index contributed by atoms with van der Waals surface area (Å²) < 4.78 is 20.2. The SMILES string of the molecule is CCCCCOc1c(C)cc(NC(=O)CP(=O)(c2ccccc2)c2ccccc2)cc1CC. The lowest BCUT2D eigenvalue weighted by molar-refractivity contribution is -0.113. The van der Waals surface area contributed by atoms with E-state index >= 15 is 0 Å². The maximum absolute atomic E-state index is 14.2. The lowest BCUT2D eigenvalue weighted by Crippen LogP contribution is -2.26. The van der Waals surface area contributed by atoms with E-state index in [1.54, 1.807) is 0 Å². The molecule has 0 spiro atoms. The van der Waals surface area contributed by atoms with E-state index in [0.717, 1.165) is 42.6 Å². The zero-order valence-corrected chi connectivity index (χ0v) is 20.7. The first-order valence-electron chi connectivity index (χ1n) is 11.7. The fraction of sp³-hybridized carbons (Fsp3) is 0.321. The quantitative estimate of drug-likeness (QED) is 0.277. The van der Waals surface area contributed by atoms with Crippen LogP contribution >= 0.6 is 7.14 Å².